The maximum atomic E-state index is 3.56. The molecule has 2 nitrogen and oxygen atoms in total. The van der Waals surface area contributed by atoms with E-state index in [1.165, 1.54) is 32.5 Å². The van der Waals surface area contributed by atoms with Gasteiger partial charge in [0.25, 0.3) is 0 Å². The van der Waals surface area contributed by atoms with Crippen molar-refractivity contribution in [2.45, 2.75) is 31.7 Å². The van der Waals surface area contributed by atoms with Crippen LogP contribution in [-0.4, -0.2) is 37.1 Å². The molecule has 1 aromatic rings. The molecule has 1 heterocycles. The van der Waals surface area contributed by atoms with E-state index in [4.69, 9.17) is 0 Å². The van der Waals surface area contributed by atoms with Crippen LogP contribution in [0.2, 0.25) is 0 Å². The lowest BCUT2D eigenvalue weighted by atomic mass is 9.77. The van der Waals surface area contributed by atoms with Gasteiger partial charge in [-0.05, 0) is 37.4 Å². The smallest absolute Gasteiger partial charge is 0.0107 e. The quantitative estimate of drug-likeness (QED) is 0.836. The van der Waals surface area contributed by atoms with E-state index in [2.05, 4.69) is 41.4 Å². The summed E-state index contributed by atoms with van der Waals surface area (Å²) in [6.45, 7) is 7.17. The second kappa shape index (κ2) is 4.79. The SMILES string of the molecule is CC1CCN(CC2Cc3ccccc32)CCN1. The minimum atomic E-state index is 0.689. The first-order valence-electron chi connectivity index (χ1n) is 6.86. The maximum Gasteiger partial charge on any atom is 0.0107 e. The highest BCUT2D eigenvalue weighted by atomic mass is 15.2. The molecule has 2 unspecified atom stereocenters. The second-order valence-corrected chi connectivity index (χ2v) is 5.54. The van der Waals surface area contributed by atoms with Gasteiger partial charge in [-0.25, -0.2) is 0 Å². The Hall–Kier alpha value is -0.860. The van der Waals surface area contributed by atoms with Crippen molar-refractivity contribution in [3.8, 4) is 0 Å². The van der Waals surface area contributed by atoms with Gasteiger partial charge in [-0.2, -0.15) is 0 Å². The monoisotopic (exact) mass is 230 g/mol. The Labute approximate surface area is 104 Å². The molecule has 1 aliphatic heterocycles. The van der Waals surface area contributed by atoms with Gasteiger partial charge in [0.1, 0.15) is 0 Å². The summed E-state index contributed by atoms with van der Waals surface area (Å²) < 4.78 is 0. The van der Waals surface area contributed by atoms with Crippen LogP contribution in [0.1, 0.15) is 30.4 Å². The predicted molar refractivity (Wildman–Crippen MR) is 71.4 cm³/mol. The van der Waals surface area contributed by atoms with Gasteiger partial charge in [0, 0.05) is 31.6 Å². The Morgan fingerprint density at radius 1 is 1.29 bits per heavy atom. The fourth-order valence-electron chi connectivity index (χ4n) is 3.08. The van der Waals surface area contributed by atoms with Crippen LogP contribution in [0.25, 0.3) is 0 Å². The lowest BCUT2D eigenvalue weighted by Gasteiger charge is -2.34. The number of hydrogen-bond acceptors (Lipinski definition) is 2. The molecule has 2 atom stereocenters. The van der Waals surface area contributed by atoms with Crippen molar-refractivity contribution < 1.29 is 0 Å². The summed E-state index contributed by atoms with van der Waals surface area (Å²) in [6.07, 6.45) is 2.57. The first kappa shape index (κ1) is 11.2. The lowest BCUT2D eigenvalue weighted by Crippen LogP contribution is -2.35. The van der Waals surface area contributed by atoms with Gasteiger partial charge in [-0.3, -0.25) is 0 Å². The number of nitrogens with zero attached hydrogens (tertiary/aromatic N) is 1. The summed E-state index contributed by atoms with van der Waals surface area (Å²) in [5, 5.41) is 3.56. The van der Waals surface area contributed by atoms with E-state index in [0.29, 0.717) is 6.04 Å². The molecule has 2 heteroatoms. The standard InChI is InChI=1S/C15H22N2/c1-12-6-8-17(9-7-16-12)11-14-10-13-4-2-3-5-15(13)14/h2-5,12,14,16H,6-11H2,1H3. The zero-order valence-corrected chi connectivity index (χ0v) is 10.7. The molecule has 17 heavy (non-hydrogen) atoms. The summed E-state index contributed by atoms with van der Waals surface area (Å²) >= 11 is 0. The number of benzene rings is 1. The van der Waals surface area contributed by atoms with E-state index in [0.717, 1.165) is 12.5 Å². The molecule has 0 saturated carbocycles. The molecular formula is C15H22N2. The number of fused-ring (bicyclic) bond motifs is 1. The molecule has 1 aliphatic carbocycles. The van der Waals surface area contributed by atoms with Crippen LogP contribution in [-0.2, 0) is 6.42 Å². The van der Waals surface area contributed by atoms with Gasteiger partial charge >= 0.3 is 0 Å². The average molecular weight is 230 g/mol. The molecule has 92 valence electrons. The molecule has 1 aromatic carbocycles. The third-order valence-corrected chi connectivity index (χ3v) is 4.24. The fourth-order valence-corrected chi connectivity index (χ4v) is 3.08. The highest BCUT2D eigenvalue weighted by Gasteiger charge is 2.27. The predicted octanol–water partition coefficient (Wildman–Crippen LogP) is 2.01. The maximum absolute atomic E-state index is 3.56. The van der Waals surface area contributed by atoms with Crippen LogP contribution in [0.15, 0.2) is 24.3 Å². The van der Waals surface area contributed by atoms with Crippen molar-refractivity contribution in [2.75, 3.05) is 26.2 Å². The molecule has 1 fully saturated rings. The number of nitrogens with one attached hydrogen (secondary N) is 1. The van der Waals surface area contributed by atoms with E-state index >= 15 is 0 Å². The molecule has 1 saturated heterocycles. The highest BCUT2D eigenvalue weighted by Crippen LogP contribution is 2.35. The Balaban J connectivity index is 1.58. The van der Waals surface area contributed by atoms with E-state index in [1.807, 2.05) is 0 Å². The average Bonchev–Trinajstić information content (AvgIpc) is 2.51. The van der Waals surface area contributed by atoms with Crippen LogP contribution in [0, 0.1) is 0 Å². The van der Waals surface area contributed by atoms with Crippen LogP contribution >= 0.6 is 0 Å². The third-order valence-electron chi connectivity index (χ3n) is 4.24. The Morgan fingerprint density at radius 3 is 3.06 bits per heavy atom. The van der Waals surface area contributed by atoms with Gasteiger partial charge in [-0.1, -0.05) is 24.3 Å². The molecule has 2 aliphatic rings. The summed E-state index contributed by atoms with van der Waals surface area (Å²) in [5.74, 6) is 0.791. The van der Waals surface area contributed by atoms with Crippen molar-refractivity contribution in [1.82, 2.24) is 10.2 Å². The van der Waals surface area contributed by atoms with Gasteiger partial charge in [0.05, 0.1) is 0 Å². The van der Waals surface area contributed by atoms with Crippen molar-refractivity contribution in [2.24, 2.45) is 0 Å². The van der Waals surface area contributed by atoms with Crippen molar-refractivity contribution >= 4 is 0 Å². The highest BCUT2D eigenvalue weighted by molar-refractivity contribution is 5.40. The Morgan fingerprint density at radius 2 is 2.18 bits per heavy atom. The van der Waals surface area contributed by atoms with Crippen LogP contribution in [0.3, 0.4) is 0 Å². The van der Waals surface area contributed by atoms with Crippen LogP contribution < -0.4 is 5.32 Å². The largest absolute Gasteiger partial charge is 0.313 e. The zero-order valence-electron chi connectivity index (χ0n) is 10.7. The fraction of sp³-hybridized carbons (Fsp3) is 0.600. The third kappa shape index (κ3) is 2.38. The summed E-state index contributed by atoms with van der Waals surface area (Å²) in [6, 6.07) is 9.61. The zero-order chi connectivity index (χ0) is 11.7. The molecule has 0 aromatic heterocycles. The van der Waals surface area contributed by atoms with E-state index in [-0.39, 0.29) is 0 Å². The summed E-state index contributed by atoms with van der Waals surface area (Å²) in [4.78, 5) is 2.64. The first-order valence-corrected chi connectivity index (χ1v) is 6.86. The molecule has 0 radical (unpaired) electrons. The van der Waals surface area contributed by atoms with Gasteiger partial charge in [0.2, 0.25) is 0 Å². The molecule has 0 bridgehead atoms. The Kier molecular flexibility index (Phi) is 3.17. The number of hydrogen-bond donors (Lipinski definition) is 1. The van der Waals surface area contributed by atoms with E-state index in [1.54, 1.807) is 11.1 Å². The molecule has 0 spiro atoms. The van der Waals surface area contributed by atoms with Crippen molar-refractivity contribution in [3.63, 3.8) is 0 Å². The second-order valence-electron chi connectivity index (χ2n) is 5.54. The first-order chi connectivity index (χ1) is 8.33. The topological polar surface area (TPSA) is 15.3 Å². The molecule has 1 N–H and O–H groups in total. The minimum absolute atomic E-state index is 0.689. The van der Waals surface area contributed by atoms with E-state index < -0.39 is 0 Å². The molecular weight excluding hydrogens is 208 g/mol. The van der Waals surface area contributed by atoms with Gasteiger partial charge in [0.15, 0.2) is 0 Å². The van der Waals surface area contributed by atoms with E-state index in [9.17, 15) is 0 Å². The van der Waals surface area contributed by atoms with Crippen LogP contribution in [0.5, 0.6) is 0 Å². The summed E-state index contributed by atoms with van der Waals surface area (Å²) in [7, 11) is 0. The van der Waals surface area contributed by atoms with Gasteiger partial charge < -0.3 is 10.2 Å². The summed E-state index contributed by atoms with van der Waals surface area (Å²) in [5.41, 5.74) is 3.16. The number of rotatable bonds is 2. The minimum Gasteiger partial charge on any atom is -0.313 e. The van der Waals surface area contributed by atoms with Crippen molar-refractivity contribution in [3.05, 3.63) is 35.4 Å². The van der Waals surface area contributed by atoms with Gasteiger partial charge in [-0.15, -0.1) is 0 Å². The van der Waals surface area contributed by atoms with Crippen LogP contribution in [0.4, 0.5) is 0 Å². The molecule has 3 rings (SSSR count). The normalized spacial score (nSPS) is 29.2. The van der Waals surface area contributed by atoms with Crippen molar-refractivity contribution in [1.29, 1.82) is 0 Å². The lowest BCUT2D eigenvalue weighted by molar-refractivity contribution is 0.262. The Bertz CT molecular complexity index is 388. The molecule has 0 amide bonds.